The van der Waals surface area contributed by atoms with Gasteiger partial charge in [-0.25, -0.2) is 0 Å². The number of H-pyrrole nitrogens is 1. The summed E-state index contributed by atoms with van der Waals surface area (Å²) in [5.41, 5.74) is 2.54. The zero-order valence-electron chi connectivity index (χ0n) is 10.6. The van der Waals surface area contributed by atoms with E-state index in [4.69, 9.17) is 11.6 Å². The highest BCUT2D eigenvalue weighted by Gasteiger charge is 2.13. The molecule has 3 rings (SSSR count). The minimum Gasteiger partial charge on any atom is -0.320 e. The van der Waals surface area contributed by atoms with E-state index in [1.165, 1.54) is 6.20 Å². The predicted octanol–water partition coefficient (Wildman–Crippen LogP) is 3.17. The highest BCUT2D eigenvalue weighted by atomic mass is 35.5. The van der Waals surface area contributed by atoms with E-state index >= 15 is 0 Å². The van der Waals surface area contributed by atoms with Crippen LogP contribution in [0.5, 0.6) is 0 Å². The number of aromatic nitrogens is 3. The lowest BCUT2D eigenvalue weighted by atomic mass is 10.2. The molecule has 0 saturated carbocycles. The Kier molecular flexibility index (Phi) is 3.12. The Labute approximate surface area is 120 Å². The number of nitrogens with zero attached hydrogens (tertiary/aromatic N) is 2. The topological polar surface area (TPSA) is 70.7 Å². The van der Waals surface area contributed by atoms with Gasteiger partial charge < -0.3 is 5.32 Å². The van der Waals surface area contributed by atoms with Crippen molar-refractivity contribution in [1.82, 2.24) is 15.2 Å². The monoisotopic (exact) mass is 286 g/mol. The molecule has 0 fully saturated rings. The molecular weight excluding hydrogens is 276 g/mol. The van der Waals surface area contributed by atoms with E-state index in [-0.39, 0.29) is 5.91 Å². The van der Waals surface area contributed by atoms with Crippen LogP contribution >= 0.6 is 11.6 Å². The van der Waals surface area contributed by atoms with Crippen molar-refractivity contribution in [2.24, 2.45) is 0 Å². The van der Waals surface area contributed by atoms with E-state index in [2.05, 4.69) is 20.5 Å². The van der Waals surface area contributed by atoms with Crippen LogP contribution in [0.4, 0.5) is 5.69 Å². The highest BCUT2D eigenvalue weighted by Crippen LogP contribution is 2.22. The number of carbonyl (C=O) groups is 1. The molecule has 1 amide bonds. The van der Waals surface area contributed by atoms with E-state index in [1.807, 2.05) is 19.1 Å². The minimum atomic E-state index is -0.301. The molecule has 6 heteroatoms. The van der Waals surface area contributed by atoms with Gasteiger partial charge in [0.25, 0.3) is 5.91 Å². The normalized spacial score (nSPS) is 10.7. The summed E-state index contributed by atoms with van der Waals surface area (Å²) in [6.07, 6.45) is 3.17. The zero-order valence-corrected chi connectivity index (χ0v) is 11.4. The molecule has 1 aromatic carbocycles. The number of halogens is 1. The molecule has 5 nitrogen and oxygen atoms in total. The number of nitrogens with one attached hydrogen (secondary N) is 2. The number of hydrogen-bond donors (Lipinski definition) is 2. The smallest absolute Gasteiger partial charge is 0.258 e. The van der Waals surface area contributed by atoms with E-state index in [1.54, 1.807) is 18.3 Å². The Hall–Kier alpha value is -2.40. The van der Waals surface area contributed by atoms with Gasteiger partial charge in [0.05, 0.1) is 28.0 Å². The zero-order chi connectivity index (χ0) is 14.1. The number of benzene rings is 1. The van der Waals surface area contributed by atoms with Gasteiger partial charge in [0.15, 0.2) is 0 Å². The third-order valence-corrected chi connectivity index (χ3v) is 3.27. The molecule has 2 N–H and O–H groups in total. The molecule has 0 radical (unpaired) electrons. The van der Waals surface area contributed by atoms with Gasteiger partial charge in [-0.2, -0.15) is 5.10 Å². The van der Waals surface area contributed by atoms with E-state index in [0.717, 1.165) is 16.6 Å². The number of anilines is 1. The number of amides is 1. The van der Waals surface area contributed by atoms with Crippen LogP contribution < -0.4 is 5.32 Å². The lowest BCUT2D eigenvalue weighted by Crippen LogP contribution is -2.13. The average molecular weight is 287 g/mol. The van der Waals surface area contributed by atoms with Crippen molar-refractivity contribution < 1.29 is 4.79 Å². The molecule has 0 aliphatic rings. The molecule has 20 heavy (non-hydrogen) atoms. The summed E-state index contributed by atoms with van der Waals surface area (Å²) in [5, 5.41) is 10.9. The first-order valence-electron chi connectivity index (χ1n) is 6.01. The van der Waals surface area contributed by atoms with Crippen molar-refractivity contribution in [1.29, 1.82) is 0 Å². The van der Waals surface area contributed by atoms with Gasteiger partial charge in [-0.1, -0.05) is 23.7 Å². The lowest BCUT2D eigenvalue weighted by molar-refractivity contribution is 0.102. The number of hydrogen-bond acceptors (Lipinski definition) is 3. The minimum absolute atomic E-state index is 0.301. The summed E-state index contributed by atoms with van der Waals surface area (Å²) in [5.74, 6) is -0.301. The molecule has 2 heterocycles. The van der Waals surface area contributed by atoms with Crippen LogP contribution in [0.25, 0.3) is 10.9 Å². The van der Waals surface area contributed by atoms with Crippen LogP contribution in [-0.4, -0.2) is 21.1 Å². The number of aromatic amines is 1. The summed E-state index contributed by atoms with van der Waals surface area (Å²) >= 11 is 6.07. The largest absolute Gasteiger partial charge is 0.320 e. The first kappa shape index (κ1) is 12.6. The van der Waals surface area contributed by atoms with Crippen LogP contribution in [0.2, 0.25) is 5.02 Å². The molecule has 100 valence electrons. The Morgan fingerprint density at radius 1 is 1.35 bits per heavy atom. The molecule has 0 unspecified atom stereocenters. The Morgan fingerprint density at radius 2 is 2.20 bits per heavy atom. The first-order chi connectivity index (χ1) is 9.65. The number of rotatable bonds is 2. The van der Waals surface area contributed by atoms with E-state index in [0.29, 0.717) is 16.3 Å². The average Bonchev–Trinajstić information content (AvgIpc) is 2.87. The fraction of sp³-hybridized carbons (Fsp3) is 0.0714. The van der Waals surface area contributed by atoms with Crippen LogP contribution in [0.3, 0.4) is 0 Å². The molecule has 0 atom stereocenters. The Bertz CT molecular complexity index is 797. The van der Waals surface area contributed by atoms with Gasteiger partial charge >= 0.3 is 0 Å². The van der Waals surface area contributed by atoms with Crippen LogP contribution in [0.15, 0.2) is 36.7 Å². The summed E-state index contributed by atoms with van der Waals surface area (Å²) in [6, 6.07) is 7.22. The van der Waals surface area contributed by atoms with E-state index in [9.17, 15) is 4.79 Å². The first-order valence-corrected chi connectivity index (χ1v) is 6.38. The second kappa shape index (κ2) is 4.94. The standard InChI is InChI=1S/C14H11ClN4O/c1-8-5-11(15)10(7-16-8)14(20)18-12-4-2-3-9-6-17-19-13(9)12/h2-7H,1H3,(H,17,19)(H,18,20). The Balaban J connectivity index is 1.94. The van der Waals surface area contributed by atoms with Crippen molar-refractivity contribution in [3.05, 3.63) is 52.9 Å². The number of fused-ring (bicyclic) bond motifs is 1. The fourth-order valence-electron chi connectivity index (χ4n) is 1.96. The second-order valence-corrected chi connectivity index (χ2v) is 4.81. The molecule has 0 aliphatic heterocycles. The van der Waals surface area contributed by atoms with Crippen molar-refractivity contribution in [2.45, 2.75) is 6.92 Å². The SMILES string of the molecule is Cc1cc(Cl)c(C(=O)Nc2cccc3cn[nH]c23)cn1. The predicted molar refractivity (Wildman–Crippen MR) is 78.0 cm³/mol. The summed E-state index contributed by atoms with van der Waals surface area (Å²) in [7, 11) is 0. The van der Waals surface area contributed by atoms with Gasteiger partial charge in [0.1, 0.15) is 0 Å². The molecule has 2 aromatic heterocycles. The highest BCUT2D eigenvalue weighted by molar-refractivity contribution is 6.34. The van der Waals surface area contributed by atoms with E-state index < -0.39 is 0 Å². The molecular formula is C14H11ClN4O. The van der Waals surface area contributed by atoms with Crippen molar-refractivity contribution >= 4 is 34.1 Å². The third kappa shape index (κ3) is 2.23. The van der Waals surface area contributed by atoms with Gasteiger partial charge in [-0.15, -0.1) is 0 Å². The van der Waals surface area contributed by atoms with Crippen molar-refractivity contribution in [3.8, 4) is 0 Å². The van der Waals surface area contributed by atoms with Crippen LogP contribution in [0.1, 0.15) is 16.1 Å². The van der Waals surface area contributed by atoms with Gasteiger partial charge in [-0.3, -0.25) is 14.9 Å². The quantitative estimate of drug-likeness (QED) is 0.760. The number of carbonyl (C=O) groups excluding carboxylic acids is 1. The van der Waals surface area contributed by atoms with Crippen LogP contribution in [-0.2, 0) is 0 Å². The maximum absolute atomic E-state index is 12.2. The number of aryl methyl sites for hydroxylation is 1. The summed E-state index contributed by atoms with van der Waals surface area (Å²) < 4.78 is 0. The molecule has 3 aromatic rings. The van der Waals surface area contributed by atoms with Gasteiger partial charge in [0, 0.05) is 17.3 Å². The fourth-order valence-corrected chi connectivity index (χ4v) is 2.25. The number of para-hydroxylation sites is 1. The molecule has 0 spiro atoms. The van der Waals surface area contributed by atoms with Crippen LogP contribution in [0, 0.1) is 6.92 Å². The third-order valence-electron chi connectivity index (χ3n) is 2.96. The maximum atomic E-state index is 12.2. The van der Waals surface area contributed by atoms with Crippen molar-refractivity contribution in [3.63, 3.8) is 0 Å². The summed E-state index contributed by atoms with van der Waals surface area (Å²) in [4.78, 5) is 16.3. The molecule has 0 saturated heterocycles. The number of pyridine rings is 1. The molecule has 0 aliphatic carbocycles. The molecule has 0 bridgehead atoms. The lowest BCUT2D eigenvalue weighted by Gasteiger charge is -2.07. The Morgan fingerprint density at radius 3 is 3.00 bits per heavy atom. The van der Waals surface area contributed by atoms with Crippen molar-refractivity contribution in [2.75, 3.05) is 5.32 Å². The summed E-state index contributed by atoms with van der Waals surface area (Å²) in [6.45, 7) is 1.82. The maximum Gasteiger partial charge on any atom is 0.258 e. The second-order valence-electron chi connectivity index (χ2n) is 4.40. The van der Waals surface area contributed by atoms with Gasteiger partial charge in [-0.05, 0) is 19.1 Å². The van der Waals surface area contributed by atoms with Gasteiger partial charge in [0.2, 0.25) is 0 Å².